The number of piperidine rings is 1. The van der Waals surface area contributed by atoms with Crippen LogP contribution in [0.5, 0.6) is 5.75 Å². The monoisotopic (exact) mass is 478 g/mol. The molecule has 3 aromatic rings. The number of aromatic hydroxyl groups is 1. The van der Waals surface area contributed by atoms with Gasteiger partial charge >= 0.3 is 0 Å². The molecule has 4 rings (SSSR count). The number of nitrogens with one attached hydrogen (secondary N) is 1. The van der Waals surface area contributed by atoms with Crippen LogP contribution in [0.15, 0.2) is 54.6 Å². The van der Waals surface area contributed by atoms with E-state index in [2.05, 4.69) is 40.5 Å². The van der Waals surface area contributed by atoms with Gasteiger partial charge in [0.15, 0.2) is 5.78 Å². The van der Waals surface area contributed by atoms with E-state index in [-0.39, 0.29) is 29.8 Å². The number of benzene rings is 3. The van der Waals surface area contributed by atoms with Gasteiger partial charge in [0, 0.05) is 35.6 Å². The number of amides is 1. The van der Waals surface area contributed by atoms with E-state index in [1.165, 1.54) is 10.8 Å². The number of fused-ring (bicyclic) bond motifs is 1. The first kappa shape index (κ1) is 24.1. The molecule has 1 saturated heterocycles. The van der Waals surface area contributed by atoms with Crippen molar-refractivity contribution in [1.29, 1.82) is 0 Å². The van der Waals surface area contributed by atoms with Gasteiger partial charge in [-0.3, -0.25) is 9.59 Å². The SMILES string of the molecule is Cc1cc(Cl)cc(CCC(=O)[C@H](C)NC(=O)[C@@H]2CCCN(c3cccc4ccccc34)C2)c1O. The van der Waals surface area contributed by atoms with Crippen LogP contribution in [0.4, 0.5) is 5.69 Å². The fourth-order valence-electron chi connectivity index (χ4n) is 4.78. The quantitative estimate of drug-likeness (QED) is 0.475. The number of rotatable bonds is 7. The molecule has 5 nitrogen and oxygen atoms in total. The second-order valence-corrected chi connectivity index (χ2v) is 9.65. The Morgan fingerprint density at radius 2 is 1.94 bits per heavy atom. The van der Waals surface area contributed by atoms with Gasteiger partial charge < -0.3 is 15.3 Å². The molecule has 0 bridgehead atoms. The van der Waals surface area contributed by atoms with Gasteiger partial charge in [-0.1, -0.05) is 48.0 Å². The van der Waals surface area contributed by atoms with E-state index in [1.54, 1.807) is 26.0 Å². The van der Waals surface area contributed by atoms with Crippen LogP contribution in [0, 0.1) is 12.8 Å². The second-order valence-electron chi connectivity index (χ2n) is 9.21. The van der Waals surface area contributed by atoms with Crippen LogP contribution in [0.3, 0.4) is 0 Å². The van der Waals surface area contributed by atoms with Crippen molar-refractivity contribution in [3.8, 4) is 5.75 Å². The van der Waals surface area contributed by atoms with E-state index in [4.69, 9.17) is 11.6 Å². The van der Waals surface area contributed by atoms with Gasteiger partial charge in [0.1, 0.15) is 5.75 Å². The van der Waals surface area contributed by atoms with Crippen LogP contribution in [0.25, 0.3) is 10.8 Å². The third-order valence-electron chi connectivity index (χ3n) is 6.73. The first-order valence-corrected chi connectivity index (χ1v) is 12.2. The van der Waals surface area contributed by atoms with Crippen molar-refractivity contribution in [2.24, 2.45) is 5.92 Å². The van der Waals surface area contributed by atoms with Crippen molar-refractivity contribution < 1.29 is 14.7 Å². The Bertz CT molecular complexity index is 1200. The molecule has 6 heteroatoms. The largest absolute Gasteiger partial charge is 0.507 e. The standard InChI is InChI=1S/C28H31ClN2O3/c1-18-15-23(29)16-21(27(18)33)12-13-26(32)19(2)30-28(34)22-9-6-14-31(17-22)25-11-5-8-20-7-3-4-10-24(20)25/h3-5,7-8,10-11,15-16,19,22,33H,6,9,12-14,17H2,1-2H3,(H,30,34)/t19-,22+/m0/s1. The minimum absolute atomic E-state index is 0.0629. The summed E-state index contributed by atoms with van der Waals surface area (Å²) in [5.41, 5.74) is 2.48. The number of carbonyl (C=O) groups is 2. The molecule has 2 N–H and O–H groups in total. The molecule has 1 aliphatic rings. The topological polar surface area (TPSA) is 69.6 Å². The zero-order valence-corrected chi connectivity index (χ0v) is 20.4. The summed E-state index contributed by atoms with van der Waals surface area (Å²) in [6.07, 6.45) is 2.34. The van der Waals surface area contributed by atoms with Crippen molar-refractivity contribution in [2.75, 3.05) is 18.0 Å². The molecule has 0 aromatic heterocycles. The van der Waals surface area contributed by atoms with Crippen LogP contribution in [0.1, 0.15) is 37.3 Å². The molecule has 2 atom stereocenters. The van der Waals surface area contributed by atoms with E-state index in [1.807, 2.05) is 12.1 Å². The molecular formula is C28H31ClN2O3. The number of phenolic OH excluding ortho intramolecular Hbond substituents is 1. The molecule has 1 fully saturated rings. The molecule has 1 heterocycles. The Balaban J connectivity index is 1.36. The Morgan fingerprint density at radius 3 is 2.76 bits per heavy atom. The number of aryl methyl sites for hydroxylation is 2. The van der Waals surface area contributed by atoms with Gasteiger partial charge in [-0.25, -0.2) is 0 Å². The highest BCUT2D eigenvalue weighted by atomic mass is 35.5. The maximum absolute atomic E-state index is 13.0. The predicted molar refractivity (Wildman–Crippen MR) is 138 cm³/mol. The summed E-state index contributed by atoms with van der Waals surface area (Å²) in [4.78, 5) is 28.0. The van der Waals surface area contributed by atoms with E-state index in [0.29, 0.717) is 29.1 Å². The maximum Gasteiger partial charge on any atom is 0.225 e. The summed E-state index contributed by atoms with van der Waals surface area (Å²) in [6.45, 7) is 5.06. The zero-order chi connectivity index (χ0) is 24.2. The number of carbonyl (C=O) groups excluding carboxylic acids is 2. The van der Waals surface area contributed by atoms with Gasteiger partial charge in [0.25, 0.3) is 0 Å². The first-order valence-electron chi connectivity index (χ1n) is 11.9. The first-order chi connectivity index (χ1) is 16.3. The van der Waals surface area contributed by atoms with Crippen molar-refractivity contribution in [3.05, 3.63) is 70.7 Å². The van der Waals surface area contributed by atoms with Gasteiger partial charge in [0.05, 0.1) is 12.0 Å². The number of anilines is 1. The number of hydrogen-bond donors (Lipinski definition) is 2. The van der Waals surface area contributed by atoms with Gasteiger partial charge in [-0.15, -0.1) is 0 Å². The lowest BCUT2D eigenvalue weighted by molar-refractivity contribution is -0.130. The van der Waals surface area contributed by atoms with Crippen molar-refractivity contribution in [1.82, 2.24) is 5.32 Å². The summed E-state index contributed by atoms with van der Waals surface area (Å²) in [7, 11) is 0. The van der Waals surface area contributed by atoms with E-state index >= 15 is 0 Å². The van der Waals surface area contributed by atoms with Gasteiger partial charge in [0.2, 0.25) is 5.91 Å². The minimum Gasteiger partial charge on any atom is -0.507 e. The Hall–Kier alpha value is -3.05. The molecule has 1 amide bonds. The fourth-order valence-corrected chi connectivity index (χ4v) is 5.07. The van der Waals surface area contributed by atoms with E-state index in [0.717, 1.165) is 25.1 Å². The summed E-state index contributed by atoms with van der Waals surface area (Å²) < 4.78 is 0. The average molecular weight is 479 g/mol. The molecule has 0 radical (unpaired) electrons. The van der Waals surface area contributed by atoms with Crippen LogP contribution in [-0.2, 0) is 16.0 Å². The number of hydrogen-bond acceptors (Lipinski definition) is 4. The second kappa shape index (κ2) is 10.5. The molecule has 0 unspecified atom stereocenters. The van der Waals surface area contributed by atoms with Crippen molar-refractivity contribution in [2.45, 2.75) is 45.6 Å². The normalized spacial score (nSPS) is 16.9. The summed E-state index contributed by atoms with van der Waals surface area (Å²) in [6, 6.07) is 17.4. The predicted octanol–water partition coefficient (Wildman–Crippen LogP) is 5.43. The number of Topliss-reactive ketones (excluding diaryl/α,β-unsaturated/α-hetero) is 1. The smallest absolute Gasteiger partial charge is 0.225 e. The Morgan fingerprint density at radius 1 is 1.18 bits per heavy atom. The van der Waals surface area contributed by atoms with E-state index in [9.17, 15) is 14.7 Å². The number of halogens is 1. The maximum atomic E-state index is 13.0. The molecule has 34 heavy (non-hydrogen) atoms. The zero-order valence-electron chi connectivity index (χ0n) is 19.7. The lowest BCUT2D eigenvalue weighted by Crippen LogP contribution is -2.47. The minimum atomic E-state index is -0.581. The number of ketones is 1. The van der Waals surface area contributed by atoms with Crippen LogP contribution >= 0.6 is 11.6 Å². The molecule has 1 aliphatic heterocycles. The van der Waals surface area contributed by atoms with Crippen LogP contribution in [-0.4, -0.2) is 35.9 Å². The summed E-state index contributed by atoms with van der Waals surface area (Å²) in [5, 5.41) is 16.1. The summed E-state index contributed by atoms with van der Waals surface area (Å²) in [5.74, 6) is -0.133. The highest BCUT2D eigenvalue weighted by Crippen LogP contribution is 2.31. The molecule has 0 spiro atoms. The molecule has 3 aromatic carbocycles. The average Bonchev–Trinajstić information content (AvgIpc) is 2.84. The van der Waals surface area contributed by atoms with Gasteiger partial charge in [-0.2, -0.15) is 0 Å². The van der Waals surface area contributed by atoms with E-state index < -0.39 is 6.04 Å². The van der Waals surface area contributed by atoms with Crippen LogP contribution < -0.4 is 10.2 Å². The summed E-state index contributed by atoms with van der Waals surface area (Å²) >= 11 is 6.09. The Labute approximate surface area is 205 Å². The number of nitrogens with zero attached hydrogens (tertiary/aromatic N) is 1. The molecule has 0 aliphatic carbocycles. The third-order valence-corrected chi connectivity index (χ3v) is 6.94. The molecule has 0 saturated carbocycles. The molecule has 178 valence electrons. The third kappa shape index (κ3) is 5.36. The van der Waals surface area contributed by atoms with Crippen molar-refractivity contribution in [3.63, 3.8) is 0 Å². The highest BCUT2D eigenvalue weighted by molar-refractivity contribution is 6.30. The van der Waals surface area contributed by atoms with Gasteiger partial charge in [-0.05, 0) is 67.8 Å². The number of phenols is 1. The van der Waals surface area contributed by atoms with Crippen molar-refractivity contribution >= 4 is 39.8 Å². The highest BCUT2D eigenvalue weighted by Gasteiger charge is 2.28. The lowest BCUT2D eigenvalue weighted by Gasteiger charge is -2.34. The fraction of sp³-hybridized carbons (Fsp3) is 0.357. The van der Waals surface area contributed by atoms with Crippen LogP contribution in [0.2, 0.25) is 5.02 Å². The molecular weight excluding hydrogens is 448 g/mol. The lowest BCUT2D eigenvalue weighted by atomic mass is 9.95. The Kier molecular flexibility index (Phi) is 7.42.